The highest BCUT2D eigenvalue weighted by molar-refractivity contribution is 5.95. The highest BCUT2D eigenvalue weighted by Gasteiger charge is 2.35. The van der Waals surface area contributed by atoms with E-state index in [-0.39, 0.29) is 6.61 Å². The van der Waals surface area contributed by atoms with Crippen LogP contribution in [0.2, 0.25) is 0 Å². The molecule has 1 saturated heterocycles. The van der Waals surface area contributed by atoms with Crippen molar-refractivity contribution < 1.29 is 32.9 Å². The van der Waals surface area contributed by atoms with E-state index in [9.17, 15) is 14.0 Å². The molecule has 2 aromatic carbocycles. The van der Waals surface area contributed by atoms with Crippen LogP contribution in [0, 0.1) is 5.82 Å². The quantitative estimate of drug-likeness (QED) is 0.442. The fourth-order valence-corrected chi connectivity index (χ4v) is 4.96. The van der Waals surface area contributed by atoms with Crippen molar-refractivity contribution in [2.75, 3.05) is 60.7 Å². The van der Waals surface area contributed by atoms with Gasteiger partial charge in [0.25, 0.3) is 0 Å². The number of nitrogens with zero attached hydrogens (tertiary/aromatic N) is 2. The number of benzene rings is 2. The van der Waals surface area contributed by atoms with E-state index in [4.69, 9.17) is 18.9 Å². The second-order valence-corrected chi connectivity index (χ2v) is 9.24. The minimum atomic E-state index is -0.743. The second-order valence-electron chi connectivity index (χ2n) is 9.24. The number of rotatable bonds is 10. The van der Waals surface area contributed by atoms with E-state index in [1.807, 2.05) is 12.1 Å². The van der Waals surface area contributed by atoms with Gasteiger partial charge in [-0.2, -0.15) is 0 Å². The molecular formula is C28H35FN4O6. The number of hydrogen-bond donors (Lipinski definition) is 2. The van der Waals surface area contributed by atoms with Gasteiger partial charge in [-0.3, -0.25) is 9.80 Å². The number of halogens is 1. The van der Waals surface area contributed by atoms with Gasteiger partial charge in [0.05, 0.1) is 39.6 Å². The lowest BCUT2D eigenvalue weighted by Gasteiger charge is -2.37. The fourth-order valence-electron chi connectivity index (χ4n) is 4.96. The monoisotopic (exact) mass is 542 g/mol. The van der Waals surface area contributed by atoms with E-state index in [1.165, 1.54) is 12.1 Å². The molecule has 39 heavy (non-hydrogen) atoms. The number of piperazine rings is 1. The smallest absolute Gasteiger partial charge is 0.338 e. The van der Waals surface area contributed by atoms with Crippen molar-refractivity contribution in [1.29, 1.82) is 0 Å². The van der Waals surface area contributed by atoms with Crippen LogP contribution in [0.15, 0.2) is 47.7 Å². The summed E-state index contributed by atoms with van der Waals surface area (Å²) in [4.78, 5) is 30.1. The SMILES string of the molecule is CCOC(=O)C1=C(CN2CCN(Cc3ccc(OC)c(OC)c3OC)CC2)NC(=O)N[C@@H]1c1ccc(F)cc1. The van der Waals surface area contributed by atoms with E-state index >= 15 is 0 Å². The molecule has 1 atom stereocenters. The highest BCUT2D eigenvalue weighted by Crippen LogP contribution is 2.40. The predicted octanol–water partition coefficient (Wildman–Crippen LogP) is 2.84. The van der Waals surface area contributed by atoms with Gasteiger partial charge >= 0.3 is 12.0 Å². The molecule has 210 valence electrons. The number of carbonyl (C=O) groups excluding carboxylic acids is 2. The third-order valence-electron chi connectivity index (χ3n) is 6.88. The van der Waals surface area contributed by atoms with Crippen LogP contribution < -0.4 is 24.8 Å². The number of carbonyl (C=O) groups is 2. The Bertz CT molecular complexity index is 1210. The average molecular weight is 543 g/mol. The fraction of sp³-hybridized carbons (Fsp3) is 0.429. The standard InChI is InChI=1S/C28H35FN4O6/c1-5-39-27(34)23-21(30-28(35)31-24(23)18-6-9-20(29)10-7-18)17-33-14-12-32(13-15-33)16-19-8-11-22(36-2)26(38-4)25(19)37-3/h6-11,24H,5,12-17H2,1-4H3,(H2,30,31,35)/t24-/m1/s1. The van der Waals surface area contributed by atoms with Crippen LogP contribution in [0.4, 0.5) is 9.18 Å². The molecule has 2 aromatic rings. The number of esters is 1. The number of hydrogen-bond acceptors (Lipinski definition) is 8. The summed E-state index contributed by atoms with van der Waals surface area (Å²) in [7, 11) is 4.79. The molecule has 1 fully saturated rings. The maximum atomic E-state index is 13.5. The Morgan fingerprint density at radius 2 is 1.56 bits per heavy atom. The van der Waals surface area contributed by atoms with Gasteiger partial charge in [0, 0.05) is 50.5 Å². The molecule has 10 nitrogen and oxygen atoms in total. The van der Waals surface area contributed by atoms with Crippen molar-refractivity contribution in [1.82, 2.24) is 20.4 Å². The van der Waals surface area contributed by atoms with E-state index < -0.39 is 23.9 Å². The van der Waals surface area contributed by atoms with Crippen molar-refractivity contribution in [2.45, 2.75) is 19.5 Å². The second kappa shape index (κ2) is 12.8. The van der Waals surface area contributed by atoms with Crippen LogP contribution in [0.1, 0.15) is 24.1 Å². The lowest BCUT2D eigenvalue weighted by molar-refractivity contribution is -0.139. The number of urea groups is 1. The molecule has 2 aliphatic heterocycles. The first kappa shape index (κ1) is 28.2. The average Bonchev–Trinajstić information content (AvgIpc) is 2.93. The Morgan fingerprint density at radius 1 is 0.923 bits per heavy atom. The van der Waals surface area contributed by atoms with Gasteiger partial charge in [0.15, 0.2) is 11.5 Å². The molecule has 2 amide bonds. The highest BCUT2D eigenvalue weighted by atomic mass is 19.1. The van der Waals surface area contributed by atoms with Crippen molar-refractivity contribution in [3.8, 4) is 17.2 Å². The molecular weight excluding hydrogens is 507 g/mol. The zero-order valence-corrected chi connectivity index (χ0v) is 22.7. The minimum absolute atomic E-state index is 0.192. The lowest BCUT2D eigenvalue weighted by atomic mass is 9.95. The Morgan fingerprint density at radius 3 is 2.15 bits per heavy atom. The summed E-state index contributed by atoms with van der Waals surface area (Å²) in [6.45, 7) is 5.94. The largest absolute Gasteiger partial charge is 0.493 e. The van der Waals surface area contributed by atoms with Crippen LogP contribution in [-0.2, 0) is 16.1 Å². The Balaban J connectivity index is 1.49. The normalized spacial score (nSPS) is 18.3. The van der Waals surface area contributed by atoms with E-state index in [2.05, 4.69) is 20.4 Å². The van der Waals surface area contributed by atoms with Crippen molar-refractivity contribution in [2.24, 2.45) is 0 Å². The van der Waals surface area contributed by atoms with Crippen LogP contribution in [0.5, 0.6) is 17.2 Å². The van der Waals surface area contributed by atoms with Crippen LogP contribution in [0.25, 0.3) is 0 Å². The summed E-state index contributed by atoms with van der Waals surface area (Å²) in [6.07, 6.45) is 0. The number of amides is 2. The summed E-state index contributed by atoms with van der Waals surface area (Å²) in [5.74, 6) is 0.897. The molecule has 0 bridgehead atoms. The molecule has 2 N–H and O–H groups in total. The Labute approximate surface area is 227 Å². The van der Waals surface area contributed by atoms with Crippen LogP contribution in [0.3, 0.4) is 0 Å². The first-order chi connectivity index (χ1) is 18.9. The molecule has 0 spiro atoms. The first-order valence-electron chi connectivity index (χ1n) is 12.8. The van der Waals surface area contributed by atoms with E-state index in [1.54, 1.807) is 40.4 Å². The molecule has 0 aliphatic carbocycles. The van der Waals surface area contributed by atoms with Gasteiger partial charge in [-0.1, -0.05) is 18.2 Å². The molecule has 2 aliphatic rings. The molecule has 0 radical (unpaired) electrons. The van der Waals surface area contributed by atoms with Gasteiger partial charge < -0.3 is 29.6 Å². The van der Waals surface area contributed by atoms with Gasteiger partial charge in [-0.05, 0) is 30.7 Å². The Hall–Kier alpha value is -3.83. The van der Waals surface area contributed by atoms with Crippen LogP contribution in [-0.4, -0.2) is 82.5 Å². The van der Waals surface area contributed by atoms with Crippen molar-refractivity contribution in [3.63, 3.8) is 0 Å². The maximum absolute atomic E-state index is 13.5. The first-order valence-corrected chi connectivity index (χ1v) is 12.8. The number of ether oxygens (including phenoxy) is 4. The summed E-state index contributed by atoms with van der Waals surface area (Å²) >= 11 is 0. The Kier molecular flexibility index (Phi) is 9.26. The summed E-state index contributed by atoms with van der Waals surface area (Å²) in [5.41, 5.74) is 2.39. The topological polar surface area (TPSA) is 102 Å². The minimum Gasteiger partial charge on any atom is -0.493 e. The van der Waals surface area contributed by atoms with Gasteiger partial charge in [-0.15, -0.1) is 0 Å². The number of methoxy groups -OCH3 is 3. The van der Waals surface area contributed by atoms with Crippen LogP contribution >= 0.6 is 0 Å². The number of nitrogens with one attached hydrogen (secondary N) is 2. The third-order valence-corrected chi connectivity index (χ3v) is 6.88. The predicted molar refractivity (Wildman–Crippen MR) is 142 cm³/mol. The molecule has 0 aromatic heterocycles. The summed E-state index contributed by atoms with van der Waals surface area (Å²) in [5, 5.41) is 5.59. The molecule has 4 rings (SSSR count). The maximum Gasteiger partial charge on any atom is 0.338 e. The molecule has 0 unspecified atom stereocenters. The lowest BCUT2D eigenvalue weighted by Crippen LogP contribution is -2.51. The molecule has 2 heterocycles. The molecule has 11 heteroatoms. The van der Waals surface area contributed by atoms with Crippen molar-refractivity contribution >= 4 is 12.0 Å². The molecule has 0 saturated carbocycles. The zero-order valence-electron chi connectivity index (χ0n) is 22.7. The summed E-state index contributed by atoms with van der Waals surface area (Å²) < 4.78 is 35.4. The van der Waals surface area contributed by atoms with Gasteiger partial charge in [-0.25, -0.2) is 14.0 Å². The van der Waals surface area contributed by atoms with Gasteiger partial charge in [0.1, 0.15) is 5.82 Å². The summed E-state index contributed by atoms with van der Waals surface area (Å²) in [6, 6.07) is 8.40. The zero-order chi connectivity index (χ0) is 27.9. The van der Waals surface area contributed by atoms with Gasteiger partial charge in [0.2, 0.25) is 5.75 Å². The van der Waals surface area contributed by atoms with E-state index in [0.29, 0.717) is 47.2 Å². The van der Waals surface area contributed by atoms with E-state index in [0.717, 1.165) is 31.7 Å². The van der Waals surface area contributed by atoms with Crippen molar-refractivity contribution in [3.05, 3.63) is 64.6 Å². The third kappa shape index (κ3) is 6.43.